The number of hydrogen-bond acceptors (Lipinski definition) is 4. The average molecular weight is 446 g/mol. The second-order valence-electron chi connectivity index (χ2n) is 7.44. The van der Waals surface area contributed by atoms with E-state index in [-0.39, 0.29) is 11.3 Å². The zero-order chi connectivity index (χ0) is 23.7. The van der Waals surface area contributed by atoms with Crippen LogP contribution in [0.15, 0.2) is 77.6 Å². The molecule has 0 amide bonds. The number of nitrogens with zero attached hydrogens (tertiary/aromatic N) is 1. The minimum Gasteiger partial charge on any atom is -0.513 e. The number of alkyl halides is 3. The number of para-hydroxylation sites is 1. The lowest BCUT2D eigenvalue weighted by molar-refractivity contribution is -0.138. The molecular formula is C25H30F3N3O. The van der Waals surface area contributed by atoms with E-state index in [1.807, 2.05) is 0 Å². The quantitative estimate of drug-likeness (QED) is 0.333. The maximum atomic E-state index is 13.4. The van der Waals surface area contributed by atoms with Crippen molar-refractivity contribution in [2.24, 2.45) is 4.99 Å². The first-order valence-corrected chi connectivity index (χ1v) is 10.6. The van der Waals surface area contributed by atoms with Crippen LogP contribution in [0.5, 0.6) is 0 Å². The Labute approximate surface area is 187 Å². The number of fused-ring (bicyclic) bond motifs is 1. The Morgan fingerprint density at radius 1 is 1.12 bits per heavy atom. The molecule has 1 aliphatic rings. The summed E-state index contributed by atoms with van der Waals surface area (Å²) in [5, 5.41) is 15.4. The highest BCUT2D eigenvalue weighted by atomic mass is 19.4. The average Bonchev–Trinajstić information content (AvgIpc) is 2.73. The van der Waals surface area contributed by atoms with Gasteiger partial charge in [0.1, 0.15) is 12.0 Å². The highest BCUT2D eigenvalue weighted by molar-refractivity contribution is 6.05. The number of benzene rings is 2. The number of aliphatic hydroxyl groups excluding tert-OH is 1. The van der Waals surface area contributed by atoms with Crippen LogP contribution < -0.4 is 10.6 Å². The lowest BCUT2D eigenvalue weighted by Gasteiger charge is -2.28. The van der Waals surface area contributed by atoms with Crippen molar-refractivity contribution >= 4 is 11.5 Å². The van der Waals surface area contributed by atoms with Crippen molar-refractivity contribution in [2.45, 2.75) is 52.4 Å². The molecule has 4 nitrogen and oxygen atoms in total. The molecule has 0 aromatic heterocycles. The molecule has 2 aromatic rings. The largest absolute Gasteiger partial charge is 0.513 e. The number of rotatable bonds is 5. The highest BCUT2D eigenvalue weighted by Gasteiger charge is 2.36. The molecule has 1 atom stereocenters. The molecule has 0 fully saturated rings. The zero-order valence-electron chi connectivity index (χ0n) is 18.6. The van der Waals surface area contributed by atoms with Gasteiger partial charge in [-0.25, -0.2) is 4.99 Å². The van der Waals surface area contributed by atoms with Gasteiger partial charge in [0.05, 0.1) is 11.3 Å². The van der Waals surface area contributed by atoms with E-state index in [0.29, 0.717) is 22.8 Å². The minimum atomic E-state index is -4.49. The van der Waals surface area contributed by atoms with Gasteiger partial charge in [-0.2, -0.15) is 13.2 Å². The van der Waals surface area contributed by atoms with Gasteiger partial charge in [0.25, 0.3) is 0 Å². The standard InChI is InChI=1S/C20H18F3N3O.C5H12/c1-12(11-13(2)27)24-19-15-8-4-6-10-17(15)25-18(26-19)14-7-3-5-9-16(14)20(21,22)23;1-3-5-4-2/h3-11,18,25,27H,1H2,2H3,(H,24,26);3-5H2,1-2H3/b13-11+;. The number of aliphatic imine (C=N–C) groups is 1. The number of allylic oxidation sites excluding steroid dienone is 2. The van der Waals surface area contributed by atoms with Crippen molar-refractivity contribution in [1.82, 2.24) is 5.32 Å². The normalized spacial score (nSPS) is 15.5. The first kappa shape index (κ1) is 25.0. The van der Waals surface area contributed by atoms with Gasteiger partial charge in [0.15, 0.2) is 0 Å². The maximum absolute atomic E-state index is 13.4. The molecule has 0 radical (unpaired) electrons. The van der Waals surface area contributed by atoms with Gasteiger partial charge in [-0.3, -0.25) is 0 Å². The Balaban J connectivity index is 0.000000654. The third-order valence-electron chi connectivity index (χ3n) is 4.66. The lowest BCUT2D eigenvalue weighted by atomic mass is 10.0. The molecule has 0 saturated carbocycles. The Hall–Kier alpha value is -3.22. The Morgan fingerprint density at radius 2 is 1.75 bits per heavy atom. The van der Waals surface area contributed by atoms with Crippen LogP contribution in [-0.4, -0.2) is 10.9 Å². The van der Waals surface area contributed by atoms with Crippen LogP contribution in [0.25, 0.3) is 0 Å². The van der Waals surface area contributed by atoms with Crippen LogP contribution >= 0.6 is 0 Å². The molecule has 1 heterocycles. The van der Waals surface area contributed by atoms with Crippen LogP contribution in [0, 0.1) is 0 Å². The SMILES string of the molecule is C=C(/C=C(\C)O)NC1=NC(c2ccccc2C(F)(F)F)Nc2ccccc21.CCCCC. The van der Waals surface area contributed by atoms with Gasteiger partial charge in [-0.15, -0.1) is 0 Å². The summed E-state index contributed by atoms with van der Waals surface area (Å²) in [6.45, 7) is 9.70. The molecule has 3 N–H and O–H groups in total. The van der Waals surface area contributed by atoms with Crippen LogP contribution in [0.2, 0.25) is 0 Å². The monoisotopic (exact) mass is 445 g/mol. The van der Waals surface area contributed by atoms with E-state index in [1.165, 1.54) is 44.4 Å². The fourth-order valence-corrected chi connectivity index (χ4v) is 3.23. The first-order chi connectivity index (χ1) is 15.2. The van der Waals surface area contributed by atoms with E-state index in [1.54, 1.807) is 30.3 Å². The van der Waals surface area contributed by atoms with Crippen molar-refractivity contribution in [3.05, 3.63) is 89.3 Å². The van der Waals surface area contributed by atoms with Gasteiger partial charge >= 0.3 is 6.18 Å². The number of hydrogen-bond donors (Lipinski definition) is 3. The summed E-state index contributed by atoms with van der Waals surface area (Å²) >= 11 is 0. The Kier molecular flexibility index (Phi) is 8.93. The fraction of sp³-hybridized carbons (Fsp3) is 0.320. The van der Waals surface area contributed by atoms with E-state index in [0.717, 1.165) is 6.07 Å². The first-order valence-electron chi connectivity index (χ1n) is 10.6. The Bertz CT molecular complexity index is 974. The summed E-state index contributed by atoms with van der Waals surface area (Å²) in [5.74, 6) is 0.420. The fourth-order valence-electron chi connectivity index (χ4n) is 3.23. The van der Waals surface area contributed by atoms with Crippen molar-refractivity contribution < 1.29 is 18.3 Å². The van der Waals surface area contributed by atoms with Crippen LogP contribution in [0.4, 0.5) is 18.9 Å². The summed E-state index contributed by atoms with van der Waals surface area (Å²) in [6.07, 6.45) is 0.0737. The van der Waals surface area contributed by atoms with Crippen LogP contribution in [0.3, 0.4) is 0 Å². The number of aliphatic hydroxyl groups is 1. The van der Waals surface area contributed by atoms with E-state index < -0.39 is 17.9 Å². The van der Waals surface area contributed by atoms with E-state index >= 15 is 0 Å². The predicted molar refractivity (Wildman–Crippen MR) is 125 cm³/mol. The van der Waals surface area contributed by atoms with Crippen LogP contribution in [-0.2, 0) is 6.18 Å². The van der Waals surface area contributed by atoms with Crippen molar-refractivity contribution in [1.29, 1.82) is 0 Å². The third kappa shape index (κ3) is 6.90. The zero-order valence-corrected chi connectivity index (χ0v) is 18.6. The molecule has 0 aliphatic carbocycles. The predicted octanol–water partition coefficient (Wildman–Crippen LogP) is 7.34. The molecule has 3 rings (SSSR count). The molecule has 1 aliphatic heterocycles. The molecule has 1 unspecified atom stereocenters. The third-order valence-corrected chi connectivity index (χ3v) is 4.66. The van der Waals surface area contributed by atoms with Crippen molar-refractivity contribution in [3.63, 3.8) is 0 Å². The summed E-state index contributed by atoms with van der Waals surface area (Å²) in [4.78, 5) is 4.44. The van der Waals surface area contributed by atoms with E-state index in [2.05, 4.69) is 36.1 Å². The molecule has 0 spiro atoms. The van der Waals surface area contributed by atoms with Gasteiger partial charge in [0, 0.05) is 22.5 Å². The molecular weight excluding hydrogens is 415 g/mol. The molecule has 2 aromatic carbocycles. The van der Waals surface area contributed by atoms with Crippen LogP contribution in [0.1, 0.15) is 62.9 Å². The molecule has 0 saturated heterocycles. The lowest BCUT2D eigenvalue weighted by Crippen LogP contribution is -2.30. The molecule has 7 heteroatoms. The summed E-state index contributed by atoms with van der Waals surface area (Å²) in [6, 6.07) is 12.5. The second kappa shape index (κ2) is 11.4. The number of halogens is 3. The maximum Gasteiger partial charge on any atom is 0.416 e. The molecule has 32 heavy (non-hydrogen) atoms. The van der Waals surface area contributed by atoms with E-state index in [9.17, 15) is 18.3 Å². The summed E-state index contributed by atoms with van der Waals surface area (Å²) in [5.41, 5.74) is 0.999. The molecule has 172 valence electrons. The topological polar surface area (TPSA) is 56.6 Å². The smallest absolute Gasteiger partial charge is 0.416 e. The van der Waals surface area contributed by atoms with Gasteiger partial charge in [-0.1, -0.05) is 70.0 Å². The number of amidine groups is 1. The number of unbranched alkanes of at least 4 members (excludes halogenated alkanes) is 2. The molecule has 0 bridgehead atoms. The summed E-state index contributed by atoms with van der Waals surface area (Å²) in [7, 11) is 0. The van der Waals surface area contributed by atoms with Gasteiger partial charge in [0.2, 0.25) is 0 Å². The van der Waals surface area contributed by atoms with Crippen molar-refractivity contribution in [2.75, 3.05) is 5.32 Å². The second-order valence-corrected chi connectivity index (χ2v) is 7.44. The number of anilines is 1. The van der Waals surface area contributed by atoms with E-state index in [4.69, 9.17) is 0 Å². The van der Waals surface area contributed by atoms with Gasteiger partial charge < -0.3 is 15.7 Å². The Morgan fingerprint density at radius 3 is 2.34 bits per heavy atom. The minimum absolute atomic E-state index is 0.0262. The van der Waals surface area contributed by atoms with Crippen molar-refractivity contribution in [3.8, 4) is 0 Å². The highest BCUT2D eigenvalue weighted by Crippen LogP contribution is 2.38. The summed E-state index contributed by atoms with van der Waals surface area (Å²) < 4.78 is 40.2. The number of nitrogens with one attached hydrogen (secondary N) is 2. The van der Waals surface area contributed by atoms with Gasteiger partial charge in [-0.05, 0) is 31.2 Å².